The molecule has 3 heteroatoms. The summed E-state index contributed by atoms with van der Waals surface area (Å²) in [6.07, 6.45) is 5.27. The van der Waals surface area contributed by atoms with Crippen molar-refractivity contribution in [2.24, 2.45) is 5.41 Å². The lowest BCUT2D eigenvalue weighted by molar-refractivity contribution is 0.104. The molecule has 1 aliphatic carbocycles. The fourth-order valence-electron chi connectivity index (χ4n) is 3.02. The van der Waals surface area contributed by atoms with Crippen LogP contribution in [-0.2, 0) is 0 Å². The Kier molecular flexibility index (Phi) is 3.36. The van der Waals surface area contributed by atoms with E-state index >= 15 is 0 Å². The summed E-state index contributed by atoms with van der Waals surface area (Å²) < 4.78 is 0. The van der Waals surface area contributed by atoms with Gasteiger partial charge >= 0.3 is 0 Å². The fourth-order valence-corrected chi connectivity index (χ4v) is 3.02. The molecule has 1 unspecified atom stereocenters. The van der Waals surface area contributed by atoms with Crippen LogP contribution < -0.4 is 0 Å². The van der Waals surface area contributed by atoms with Crippen molar-refractivity contribution in [3.63, 3.8) is 0 Å². The minimum Gasteiger partial charge on any atom is -0.507 e. The van der Waals surface area contributed by atoms with Gasteiger partial charge in [-0.05, 0) is 41.3 Å². The standard InChI is InChI=1S/C19H19NO2/c1-19(2,3)13-8-10-15(21)12-7-9-16(22)18(17(12)13)14-6-4-5-11-20-14/h4-11,13,22H,1-3H3. The first kappa shape index (κ1) is 14.5. The lowest BCUT2D eigenvalue weighted by Gasteiger charge is -2.33. The molecule has 0 radical (unpaired) electrons. The summed E-state index contributed by atoms with van der Waals surface area (Å²) in [6, 6.07) is 8.87. The molecule has 2 aromatic rings. The molecule has 0 spiro atoms. The van der Waals surface area contributed by atoms with Gasteiger partial charge in [-0.15, -0.1) is 0 Å². The number of pyridine rings is 1. The minimum atomic E-state index is -0.0662. The van der Waals surface area contributed by atoms with Crippen LogP contribution in [0.15, 0.2) is 48.7 Å². The molecule has 0 aliphatic heterocycles. The summed E-state index contributed by atoms with van der Waals surface area (Å²) in [4.78, 5) is 16.6. The second-order valence-electron chi connectivity index (χ2n) is 6.70. The predicted octanol–water partition coefficient (Wildman–Crippen LogP) is 4.34. The third-order valence-corrected chi connectivity index (χ3v) is 4.09. The number of fused-ring (bicyclic) bond motifs is 1. The van der Waals surface area contributed by atoms with Gasteiger partial charge in [0.1, 0.15) is 5.75 Å². The van der Waals surface area contributed by atoms with E-state index in [2.05, 4.69) is 25.8 Å². The van der Waals surface area contributed by atoms with E-state index in [4.69, 9.17) is 0 Å². The van der Waals surface area contributed by atoms with E-state index in [0.29, 0.717) is 16.8 Å². The van der Waals surface area contributed by atoms with Crippen molar-refractivity contribution in [3.05, 3.63) is 59.8 Å². The van der Waals surface area contributed by atoms with Gasteiger partial charge in [0.2, 0.25) is 0 Å². The Hall–Kier alpha value is -2.42. The van der Waals surface area contributed by atoms with Gasteiger partial charge in [-0.1, -0.05) is 32.9 Å². The van der Waals surface area contributed by atoms with Gasteiger partial charge in [0.15, 0.2) is 5.78 Å². The van der Waals surface area contributed by atoms with Crippen LogP contribution >= 0.6 is 0 Å². The molecule has 112 valence electrons. The molecule has 1 aliphatic rings. The zero-order valence-electron chi connectivity index (χ0n) is 13.0. The summed E-state index contributed by atoms with van der Waals surface area (Å²) >= 11 is 0. The predicted molar refractivity (Wildman–Crippen MR) is 87.0 cm³/mol. The smallest absolute Gasteiger partial charge is 0.185 e. The largest absolute Gasteiger partial charge is 0.507 e. The van der Waals surface area contributed by atoms with Crippen LogP contribution in [0.4, 0.5) is 0 Å². The number of carbonyl (C=O) groups is 1. The molecular formula is C19H19NO2. The number of carbonyl (C=O) groups excluding carboxylic acids is 1. The second-order valence-corrected chi connectivity index (χ2v) is 6.70. The number of hydrogen-bond donors (Lipinski definition) is 1. The molecule has 1 heterocycles. The molecular weight excluding hydrogens is 274 g/mol. The average molecular weight is 293 g/mol. The zero-order chi connectivity index (χ0) is 15.9. The lowest BCUT2D eigenvalue weighted by atomic mass is 9.70. The Morgan fingerprint density at radius 3 is 2.55 bits per heavy atom. The minimum absolute atomic E-state index is 0.0207. The van der Waals surface area contributed by atoms with Crippen molar-refractivity contribution in [2.75, 3.05) is 0 Å². The number of benzene rings is 1. The number of hydrogen-bond acceptors (Lipinski definition) is 3. The number of nitrogens with zero attached hydrogens (tertiary/aromatic N) is 1. The first-order valence-corrected chi connectivity index (χ1v) is 7.39. The summed E-state index contributed by atoms with van der Waals surface area (Å²) in [6.45, 7) is 6.40. The number of allylic oxidation sites excluding steroid dienone is 2. The van der Waals surface area contributed by atoms with Crippen molar-refractivity contribution in [1.29, 1.82) is 0 Å². The molecule has 1 N–H and O–H groups in total. The Balaban J connectivity index is 2.34. The molecule has 3 nitrogen and oxygen atoms in total. The van der Waals surface area contributed by atoms with Crippen LogP contribution in [0.1, 0.15) is 42.6 Å². The summed E-state index contributed by atoms with van der Waals surface area (Å²) in [5.74, 6) is 0.187. The topological polar surface area (TPSA) is 50.2 Å². The van der Waals surface area contributed by atoms with Gasteiger partial charge in [0, 0.05) is 23.2 Å². The quantitative estimate of drug-likeness (QED) is 0.851. The number of phenolic OH excluding ortho intramolecular Hbond substituents is 1. The molecule has 3 rings (SSSR count). The van der Waals surface area contributed by atoms with E-state index in [1.807, 2.05) is 24.3 Å². The van der Waals surface area contributed by atoms with Crippen LogP contribution in [-0.4, -0.2) is 15.9 Å². The van der Waals surface area contributed by atoms with Gasteiger partial charge in [-0.2, -0.15) is 0 Å². The number of phenols is 1. The highest BCUT2D eigenvalue weighted by molar-refractivity contribution is 6.08. The SMILES string of the molecule is CC(C)(C)C1C=CC(=O)c2ccc(O)c(-c3ccccn3)c21. The van der Waals surface area contributed by atoms with E-state index in [9.17, 15) is 9.90 Å². The monoisotopic (exact) mass is 293 g/mol. The van der Waals surface area contributed by atoms with Gasteiger partial charge in [0.05, 0.1) is 5.69 Å². The van der Waals surface area contributed by atoms with E-state index in [1.54, 1.807) is 24.4 Å². The molecule has 0 saturated carbocycles. The summed E-state index contributed by atoms with van der Waals surface area (Å²) in [7, 11) is 0. The highest BCUT2D eigenvalue weighted by atomic mass is 16.3. The molecule has 1 aromatic heterocycles. The summed E-state index contributed by atoms with van der Waals surface area (Å²) in [5, 5.41) is 10.4. The van der Waals surface area contributed by atoms with Gasteiger partial charge in [-0.25, -0.2) is 0 Å². The maximum absolute atomic E-state index is 12.3. The Labute approximate surface area is 130 Å². The third kappa shape index (κ3) is 2.33. The maximum atomic E-state index is 12.3. The van der Waals surface area contributed by atoms with Crippen molar-refractivity contribution < 1.29 is 9.90 Å². The highest BCUT2D eigenvalue weighted by Crippen LogP contribution is 2.47. The first-order chi connectivity index (χ1) is 10.4. The van der Waals surface area contributed by atoms with Gasteiger partial charge in [0.25, 0.3) is 0 Å². The summed E-state index contributed by atoms with van der Waals surface area (Å²) in [5.41, 5.74) is 2.81. The van der Waals surface area contributed by atoms with Gasteiger partial charge < -0.3 is 5.11 Å². The average Bonchev–Trinajstić information content (AvgIpc) is 2.47. The third-order valence-electron chi connectivity index (χ3n) is 4.09. The molecule has 0 saturated heterocycles. The Morgan fingerprint density at radius 2 is 1.91 bits per heavy atom. The van der Waals surface area contributed by atoms with E-state index < -0.39 is 0 Å². The van der Waals surface area contributed by atoms with Crippen molar-refractivity contribution in [3.8, 4) is 17.0 Å². The second kappa shape index (κ2) is 5.09. The number of aromatic nitrogens is 1. The molecule has 1 aromatic carbocycles. The number of aromatic hydroxyl groups is 1. The van der Waals surface area contributed by atoms with Crippen molar-refractivity contribution in [1.82, 2.24) is 4.98 Å². The zero-order valence-corrected chi connectivity index (χ0v) is 13.0. The number of ketones is 1. The van der Waals surface area contributed by atoms with Gasteiger partial charge in [-0.3, -0.25) is 9.78 Å². The van der Waals surface area contributed by atoms with E-state index in [1.165, 1.54) is 0 Å². The van der Waals surface area contributed by atoms with Crippen LogP contribution in [0.25, 0.3) is 11.3 Å². The molecule has 0 amide bonds. The van der Waals surface area contributed by atoms with E-state index in [0.717, 1.165) is 5.56 Å². The van der Waals surface area contributed by atoms with Crippen LogP contribution in [0.3, 0.4) is 0 Å². The maximum Gasteiger partial charge on any atom is 0.185 e. The Bertz CT molecular complexity index is 755. The van der Waals surface area contributed by atoms with Crippen molar-refractivity contribution >= 4 is 5.78 Å². The van der Waals surface area contributed by atoms with Crippen LogP contribution in [0, 0.1) is 5.41 Å². The molecule has 22 heavy (non-hydrogen) atoms. The number of rotatable bonds is 1. The van der Waals surface area contributed by atoms with E-state index in [-0.39, 0.29) is 22.9 Å². The Morgan fingerprint density at radius 1 is 1.14 bits per heavy atom. The fraction of sp³-hybridized carbons (Fsp3) is 0.263. The van der Waals surface area contributed by atoms with Crippen LogP contribution in [0.5, 0.6) is 5.75 Å². The molecule has 0 bridgehead atoms. The molecule has 0 fully saturated rings. The lowest BCUT2D eigenvalue weighted by Crippen LogP contribution is -2.23. The first-order valence-electron chi connectivity index (χ1n) is 7.39. The van der Waals surface area contributed by atoms with Crippen LogP contribution in [0.2, 0.25) is 0 Å². The normalized spacial score (nSPS) is 17.4. The molecule has 1 atom stereocenters. The highest BCUT2D eigenvalue weighted by Gasteiger charge is 2.34. The van der Waals surface area contributed by atoms with Crippen molar-refractivity contribution in [2.45, 2.75) is 26.7 Å².